The fourth-order valence-electron chi connectivity index (χ4n) is 3.89. The number of ether oxygens (including phenoxy) is 1. The third-order valence-electron chi connectivity index (χ3n) is 5.29. The van der Waals surface area contributed by atoms with Crippen LogP contribution in [0.25, 0.3) is 6.08 Å². The maximum atomic E-state index is 11.1. The predicted molar refractivity (Wildman–Crippen MR) is 122 cm³/mol. The van der Waals surface area contributed by atoms with Crippen molar-refractivity contribution in [2.75, 3.05) is 31.6 Å². The number of anilines is 1. The number of nitro groups is 1. The second-order valence-electron chi connectivity index (χ2n) is 7.27. The summed E-state index contributed by atoms with van der Waals surface area (Å²) >= 11 is 5.77. The van der Waals surface area contributed by atoms with E-state index in [-0.39, 0.29) is 10.6 Å². The molecule has 0 bridgehead atoms. The Bertz CT molecular complexity index is 1010. The highest BCUT2D eigenvalue weighted by Crippen LogP contribution is 2.37. The van der Waals surface area contributed by atoms with Crippen molar-refractivity contribution in [2.45, 2.75) is 12.8 Å². The van der Waals surface area contributed by atoms with E-state index < -0.39 is 0 Å². The molecule has 0 saturated carbocycles. The Morgan fingerprint density at radius 1 is 1.10 bits per heavy atom. The van der Waals surface area contributed by atoms with E-state index in [9.17, 15) is 10.1 Å². The van der Waals surface area contributed by atoms with Gasteiger partial charge in [-0.25, -0.2) is 0 Å². The third kappa shape index (κ3) is 4.58. The Balaban J connectivity index is 1.69. The lowest BCUT2D eigenvalue weighted by Crippen LogP contribution is -2.36. The molecule has 1 N–H and O–H groups in total. The van der Waals surface area contributed by atoms with Crippen molar-refractivity contribution in [3.63, 3.8) is 0 Å². The van der Waals surface area contributed by atoms with Gasteiger partial charge in [-0.2, -0.15) is 0 Å². The largest absolute Gasteiger partial charge is 0.378 e. The van der Waals surface area contributed by atoms with Gasteiger partial charge in [0.1, 0.15) is 4.99 Å². The molecular weight excluding hydrogens is 398 g/mol. The van der Waals surface area contributed by atoms with Gasteiger partial charge in [-0.3, -0.25) is 10.1 Å². The van der Waals surface area contributed by atoms with Crippen LogP contribution in [-0.4, -0.2) is 41.1 Å². The van der Waals surface area contributed by atoms with E-state index in [0.29, 0.717) is 13.2 Å². The number of nitro benzene ring substituents is 1. The second kappa shape index (κ2) is 9.19. The van der Waals surface area contributed by atoms with Gasteiger partial charge in [0.15, 0.2) is 0 Å². The average Bonchev–Trinajstić information content (AvgIpc) is 3.19. The molecule has 0 atom stereocenters. The normalized spacial score (nSPS) is 18.0. The van der Waals surface area contributed by atoms with Gasteiger partial charge in [-0.15, -0.1) is 0 Å². The molecule has 6 nitrogen and oxygen atoms in total. The summed E-state index contributed by atoms with van der Waals surface area (Å²) in [6.07, 6.45) is 3.74. The predicted octanol–water partition coefficient (Wildman–Crippen LogP) is 4.80. The van der Waals surface area contributed by atoms with Gasteiger partial charge in [-0.1, -0.05) is 42.5 Å². The van der Waals surface area contributed by atoms with E-state index in [0.717, 1.165) is 59.0 Å². The van der Waals surface area contributed by atoms with E-state index in [4.69, 9.17) is 17.0 Å². The summed E-state index contributed by atoms with van der Waals surface area (Å²) in [5, 5.41) is 14.5. The molecule has 7 heteroatoms. The Labute approximate surface area is 181 Å². The standard InChI is InChI=1S/C23H23N3O3S/c27-26(28)20-8-4-5-17(16-20)15-18-9-10-21(22(18)25-11-13-29-14-12-25)23(30)24-19-6-2-1-3-7-19/h1-8,15-16H,9-14H2,(H,24,30)/b18-15-. The minimum atomic E-state index is -0.361. The first kappa shape index (κ1) is 20.3. The van der Waals surface area contributed by atoms with Crippen molar-refractivity contribution in [1.29, 1.82) is 0 Å². The quantitative estimate of drug-likeness (QED) is 0.425. The van der Waals surface area contributed by atoms with Crippen LogP contribution in [0.5, 0.6) is 0 Å². The summed E-state index contributed by atoms with van der Waals surface area (Å²) in [5.74, 6) is 0. The van der Waals surface area contributed by atoms with E-state index in [2.05, 4.69) is 16.3 Å². The van der Waals surface area contributed by atoms with E-state index in [1.807, 2.05) is 36.4 Å². The Kier molecular flexibility index (Phi) is 6.21. The SMILES string of the molecule is O=[N+]([O-])c1cccc(/C=C2/CCC(C(=S)Nc3ccccc3)=C2N2CCOCC2)c1. The summed E-state index contributed by atoms with van der Waals surface area (Å²) in [5.41, 5.74) is 5.30. The second-order valence-corrected chi connectivity index (χ2v) is 7.68. The molecule has 154 valence electrons. The molecule has 2 aromatic carbocycles. The maximum Gasteiger partial charge on any atom is 0.270 e. The van der Waals surface area contributed by atoms with Gasteiger partial charge in [0.05, 0.1) is 18.1 Å². The topological polar surface area (TPSA) is 67.6 Å². The van der Waals surface area contributed by atoms with Crippen molar-refractivity contribution in [2.24, 2.45) is 0 Å². The van der Waals surface area contributed by atoms with Crippen LogP contribution in [0.2, 0.25) is 0 Å². The summed E-state index contributed by atoms with van der Waals surface area (Å²) in [6, 6.07) is 16.7. The number of nitrogens with zero attached hydrogens (tertiary/aromatic N) is 2. The first-order chi connectivity index (χ1) is 14.6. The molecule has 2 aromatic rings. The van der Waals surface area contributed by atoms with E-state index >= 15 is 0 Å². The van der Waals surface area contributed by atoms with Crippen molar-refractivity contribution < 1.29 is 9.66 Å². The molecule has 2 aliphatic rings. The summed E-state index contributed by atoms with van der Waals surface area (Å²) < 4.78 is 5.54. The van der Waals surface area contributed by atoms with Crippen molar-refractivity contribution >= 4 is 34.7 Å². The third-order valence-corrected chi connectivity index (χ3v) is 5.64. The number of hydrogen-bond donors (Lipinski definition) is 1. The molecule has 0 aromatic heterocycles. The number of benzene rings is 2. The van der Waals surface area contributed by atoms with Crippen LogP contribution in [0.1, 0.15) is 18.4 Å². The number of morpholine rings is 1. The fourth-order valence-corrected chi connectivity index (χ4v) is 4.21. The number of para-hydroxylation sites is 1. The summed E-state index contributed by atoms with van der Waals surface area (Å²) in [4.78, 5) is 13.8. The lowest BCUT2D eigenvalue weighted by atomic mass is 10.1. The monoisotopic (exact) mass is 421 g/mol. The minimum absolute atomic E-state index is 0.0979. The van der Waals surface area contributed by atoms with Gasteiger partial charge in [-0.05, 0) is 42.2 Å². The van der Waals surface area contributed by atoms with Crippen molar-refractivity contribution in [3.8, 4) is 0 Å². The van der Waals surface area contributed by atoms with Crippen LogP contribution in [0, 0.1) is 10.1 Å². The first-order valence-corrected chi connectivity index (χ1v) is 10.4. The molecule has 1 saturated heterocycles. The Hall–Kier alpha value is -3.03. The maximum absolute atomic E-state index is 11.1. The Morgan fingerprint density at radius 2 is 1.87 bits per heavy atom. The molecule has 0 radical (unpaired) electrons. The van der Waals surface area contributed by atoms with Crippen LogP contribution in [0.15, 0.2) is 71.4 Å². The summed E-state index contributed by atoms with van der Waals surface area (Å²) in [7, 11) is 0. The highest BCUT2D eigenvalue weighted by molar-refractivity contribution is 7.81. The molecular formula is C23H23N3O3S. The zero-order valence-electron chi connectivity index (χ0n) is 16.5. The molecule has 0 spiro atoms. The van der Waals surface area contributed by atoms with Crippen LogP contribution in [0.3, 0.4) is 0 Å². The van der Waals surface area contributed by atoms with Gasteiger partial charge >= 0.3 is 0 Å². The highest BCUT2D eigenvalue weighted by atomic mass is 32.1. The van der Waals surface area contributed by atoms with Crippen LogP contribution in [-0.2, 0) is 4.74 Å². The van der Waals surface area contributed by atoms with Crippen LogP contribution < -0.4 is 5.32 Å². The van der Waals surface area contributed by atoms with Crippen LogP contribution in [0.4, 0.5) is 11.4 Å². The minimum Gasteiger partial charge on any atom is -0.378 e. The molecule has 1 heterocycles. The molecule has 0 amide bonds. The van der Waals surface area contributed by atoms with Gasteiger partial charge in [0.25, 0.3) is 5.69 Å². The molecule has 1 aliphatic carbocycles. The van der Waals surface area contributed by atoms with Crippen molar-refractivity contribution in [1.82, 2.24) is 4.90 Å². The fraction of sp³-hybridized carbons (Fsp3) is 0.261. The zero-order chi connectivity index (χ0) is 20.9. The highest BCUT2D eigenvalue weighted by Gasteiger charge is 2.28. The molecule has 0 unspecified atom stereocenters. The molecule has 1 aliphatic heterocycles. The van der Waals surface area contributed by atoms with Gasteiger partial charge in [0.2, 0.25) is 0 Å². The van der Waals surface area contributed by atoms with E-state index in [1.54, 1.807) is 12.1 Å². The lowest BCUT2D eigenvalue weighted by Gasteiger charge is -2.32. The molecule has 1 fully saturated rings. The van der Waals surface area contributed by atoms with Gasteiger partial charge in [0, 0.05) is 42.2 Å². The number of thiocarbonyl (C=S) groups is 1. The molecule has 4 rings (SSSR count). The lowest BCUT2D eigenvalue weighted by molar-refractivity contribution is -0.384. The number of allylic oxidation sites excluding steroid dienone is 1. The van der Waals surface area contributed by atoms with Crippen molar-refractivity contribution in [3.05, 3.63) is 87.1 Å². The number of nitrogens with one attached hydrogen (secondary N) is 1. The number of non-ortho nitro benzene ring substituents is 1. The molecule has 30 heavy (non-hydrogen) atoms. The zero-order valence-corrected chi connectivity index (χ0v) is 17.4. The first-order valence-electron chi connectivity index (χ1n) is 9.99. The average molecular weight is 422 g/mol. The Morgan fingerprint density at radius 3 is 2.60 bits per heavy atom. The summed E-state index contributed by atoms with van der Waals surface area (Å²) in [6.45, 7) is 2.97. The van der Waals surface area contributed by atoms with Gasteiger partial charge < -0.3 is 15.0 Å². The smallest absolute Gasteiger partial charge is 0.270 e. The van der Waals surface area contributed by atoms with Crippen LogP contribution >= 0.6 is 12.2 Å². The number of hydrogen-bond acceptors (Lipinski definition) is 5. The number of rotatable bonds is 5. The van der Waals surface area contributed by atoms with E-state index in [1.165, 1.54) is 6.07 Å².